The van der Waals surface area contributed by atoms with Crippen molar-refractivity contribution in [2.45, 2.75) is 37.5 Å². The molecule has 5 nitrogen and oxygen atoms in total. The van der Waals surface area contributed by atoms with Crippen LogP contribution in [0.1, 0.15) is 31.7 Å². The molecule has 21 heavy (non-hydrogen) atoms. The topological polar surface area (TPSA) is 75.3 Å². The minimum absolute atomic E-state index is 0.0260. The van der Waals surface area contributed by atoms with Gasteiger partial charge in [0, 0.05) is 19.0 Å². The van der Waals surface area contributed by atoms with Crippen molar-refractivity contribution in [1.29, 1.82) is 0 Å². The molecule has 0 saturated heterocycles. The molecule has 0 radical (unpaired) electrons. The molecule has 1 fully saturated rings. The molecule has 0 aliphatic heterocycles. The Balaban J connectivity index is 1.81. The number of rotatable bonds is 8. The maximum atomic E-state index is 12.1. The fraction of sp³-hybridized carbons (Fsp3) is 0.533. The summed E-state index contributed by atoms with van der Waals surface area (Å²) in [7, 11) is -3.50. The summed E-state index contributed by atoms with van der Waals surface area (Å²) in [4.78, 5) is 11.7. The van der Waals surface area contributed by atoms with E-state index in [9.17, 15) is 13.2 Å². The summed E-state index contributed by atoms with van der Waals surface area (Å²) in [6.45, 7) is 2.61. The van der Waals surface area contributed by atoms with Gasteiger partial charge in [-0.05, 0) is 37.0 Å². The first-order valence-electron chi connectivity index (χ1n) is 7.39. The van der Waals surface area contributed by atoms with Crippen LogP contribution in [0.3, 0.4) is 0 Å². The molecule has 1 aromatic carbocycles. The lowest BCUT2D eigenvalue weighted by Crippen LogP contribution is -2.35. The number of carbonyl (C=O) groups excluding carboxylic acids is 1. The Kier molecular flexibility index (Phi) is 5.36. The highest BCUT2D eigenvalue weighted by Crippen LogP contribution is 2.28. The van der Waals surface area contributed by atoms with E-state index in [1.165, 1.54) is 0 Å². The Hall–Kier alpha value is -1.40. The van der Waals surface area contributed by atoms with Crippen molar-refractivity contribution in [2.75, 3.05) is 13.1 Å². The van der Waals surface area contributed by atoms with Gasteiger partial charge < -0.3 is 5.32 Å². The number of carbonyl (C=O) groups is 1. The van der Waals surface area contributed by atoms with Gasteiger partial charge in [0.25, 0.3) is 0 Å². The molecule has 1 aliphatic carbocycles. The van der Waals surface area contributed by atoms with E-state index < -0.39 is 10.0 Å². The Morgan fingerprint density at radius 3 is 2.43 bits per heavy atom. The van der Waals surface area contributed by atoms with Crippen LogP contribution in [-0.2, 0) is 21.2 Å². The van der Waals surface area contributed by atoms with Crippen molar-refractivity contribution in [3.05, 3.63) is 29.8 Å². The fourth-order valence-corrected chi connectivity index (χ4v) is 3.10. The van der Waals surface area contributed by atoms with Crippen LogP contribution in [0.25, 0.3) is 0 Å². The Morgan fingerprint density at radius 1 is 1.19 bits per heavy atom. The summed E-state index contributed by atoms with van der Waals surface area (Å²) in [5.41, 5.74) is 1.13. The van der Waals surface area contributed by atoms with Gasteiger partial charge >= 0.3 is 0 Å². The second-order valence-corrected chi connectivity index (χ2v) is 7.12. The summed E-state index contributed by atoms with van der Waals surface area (Å²) >= 11 is 0. The van der Waals surface area contributed by atoms with Gasteiger partial charge in [0.15, 0.2) is 0 Å². The predicted molar refractivity (Wildman–Crippen MR) is 81.4 cm³/mol. The summed E-state index contributed by atoms with van der Waals surface area (Å²) in [5.74, 6) is 0.172. The maximum absolute atomic E-state index is 12.1. The lowest BCUT2D eigenvalue weighted by Gasteiger charge is -2.08. The van der Waals surface area contributed by atoms with Crippen LogP contribution in [0.4, 0.5) is 0 Å². The molecule has 0 unspecified atom stereocenters. The van der Waals surface area contributed by atoms with E-state index in [0.29, 0.717) is 6.54 Å². The minimum atomic E-state index is -3.50. The molecule has 1 amide bonds. The van der Waals surface area contributed by atoms with Crippen molar-refractivity contribution in [3.8, 4) is 0 Å². The zero-order chi connectivity index (χ0) is 15.3. The zero-order valence-corrected chi connectivity index (χ0v) is 13.1. The van der Waals surface area contributed by atoms with Gasteiger partial charge in [0.05, 0.1) is 4.90 Å². The smallest absolute Gasteiger partial charge is 0.240 e. The van der Waals surface area contributed by atoms with E-state index >= 15 is 0 Å². The van der Waals surface area contributed by atoms with Crippen molar-refractivity contribution in [3.63, 3.8) is 0 Å². The summed E-state index contributed by atoms with van der Waals surface area (Å²) < 4.78 is 26.6. The van der Waals surface area contributed by atoms with Crippen LogP contribution in [0.2, 0.25) is 0 Å². The highest BCUT2D eigenvalue weighted by atomic mass is 32.2. The van der Waals surface area contributed by atoms with Gasteiger partial charge in [0.2, 0.25) is 15.9 Å². The van der Waals surface area contributed by atoms with Crippen LogP contribution < -0.4 is 10.0 Å². The molecule has 0 heterocycles. The van der Waals surface area contributed by atoms with Crippen molar-refractivity contribution in [1.82, 2.24) is 10.0 Å². The number of sulfonamides is 1. The van der Waals surface area contributed by atoms with Crippen molar-refractivity contribution >= 4 is 15.9 Å². The predicted octanol–water partition coefficient (Wildman–Crippen LogP) is 1.44. The Labute approximate surface area is 126 Å². The highest BCUT2D eigenvalue weighted by Gasteiger charge is 2.29. The highest BCUT2D eigenvalue weighted by molar-refractivity contribution is 7.89. The summed E-state index contributed by atoms with van der Waals surface area (Å²) in [6.07, 6.45) is 3.87. The zero-order valence-electron chi connectivity index (χ0n) is 12.3. The van der Waals surface area contributed by atoms with Crippen LogP contribution >= 0.6 is 0 Å². The lowest BCUT2D eigenvalue weighted by atomic mass is 10.1. The number of hydrogen-bond acceptors (Lipinski definition) is 3. The molecule has 2 N–H and O–H groups in total. The van der Waals surface area contributed by atoms with Crippen LogP contribution in [0.5, 0.6) is 0 Å². The number of benzene rings is 1. The Bertz CT molecular complexity index is 577. The summed E-state index contributed by atoms with van der Waals surface area (Å²) in [6, 6.07) is 6.92. The van der Waals surface area contributed by atoms with Crippen LogP contribution in [-0.4, -0.2) is 27.4 Å². The van der Waals surface area contributed by atoms with Crippen molar-refractivity contribution < 1.29 is 13.2 Å². The van der Waals surface area contributed by atoms with E-state index in [2.05, 4.69) is 17.0 Å². The normalized spacial score (nSPS) is 14.9. The SMILES string of the molecule is CCCc1ccc(S(=O)(=O)NCCNC(=O)C2CC2)cc1. The van der Waals surface area contributed by atoms with Crippen LogP contribution in [0.15, 0.2) is 29.2 Å². The molecule has 116 valence electrons. The first-order valence-corrected chi connectivity index (χ1v) is 8.87. The van der Waals surface area contributed by atoms with E-state index in [-0.39, 0.29) is 23.3 Å². The van der Waals surface area contributed by atoms with Gasteiger partial charge in [0.1, 0.15) is 0 Å². The third-order valence-corrected chi connectivity index (χ3v) is 4.91. The maximum Gasteiger partial charge on any atom is 0.240 e. The average Bonchev–Trinajstić information content (AvgIpc) is 3.29. The molecule has 1 saturated carbocycles. The standard InChI is InChI=1S/C15H22N2O3S/c1-2-3-12-4-8-14(9-5-12)21(19,20)17-11-10-16-15(18)13-6-7-13/h4-5,8-9,13,17H,2-3,6-7,10-11H2,1H3,(H,16,18). The molecular formula is C15H22N2O3S. The quantitative estimate of drug-likeness (QED) is 0.714. The molecule has 0 spiro atoms. The van der Waals surface area contributed by atoms with Gasteiger partial charge in [-0.2, -0.15) is 0 Å². The third kappa shape index (κ3) is 4.82. The molecule has 1 aromatic rings. The van der Waals surface area contributed by atoms with E-state index in [0.717, 1.165) is 31.2 Å². The van der Waals surface area contributed by atoms with E-state index in [1.54, 1.807) is 12.1 Å². The molecular weight excluding hydrogens is 288 g/mol. The molecule has 0 aromatic heterocycles. The summed E-state index contributed by atoms with van der Waals surface area (Å²) in [5, 5.41) is 2.73. The Morgan fingerprint density at radius 2 is 1.86 bits per heavy atom. The first kappa shape index (κ1) is 16.0. The van der Waals surface area contributed by atoms with E-state index in [4.69, 9.17) is 0 Å². The molecule has 2 rings (SSSR count). The molecule has 0 bridgehead atoms. The first-order chi connectivity index (χ1) is 10.0. The second kappa shape index (κ2) is 7.04. The van der Waals surface area contributed by atoms with E-state index in [1.807, 2.05) is 12.1 Å². The van der Waals surface area contributed by atoms with Gasteiger partial charge in [-0.15, -0.1) is 0 Å². The van der Waals surface area contributed by atoms with Crippen LogP contribution in [0, 0.1) is 5.92 Å². The third-order valence-electron chi connectivity index (χ3n) is 3.44. The monoisotopic (exact) mass is 310 g/mol. The molecule has 6 heteroatoms. The molecule has 0 atom stereocenters. The largest absolute Gasteiger partial charge is 0.355 e. The fourth-order valence-electron chi connectivity index (χ4n) is 2.07. The number of amides is 1. The lowest BCUT2D eigenvalue weighted by molar-refractivity contribution is -0.122. The minimum Gasteiger partial charge on any atom is -0.355 e. The van der Waals surface area contributed by atoms with Gasteiger partial charge in [-0.25, -0.2) is 13.1 Å². The number of hydrogen-bond donors (Lipinski definition) is 2. The average molecular weight is 310 g/mol. The van der Waals surface area contributed by atoms with Gasteiger partial charge in [-0.1, -0.05) is 25.5 Å². The van der Waals surface area contributed by atoms with Gasteiger partial charge in [-0.3, -0.25) is 4.79 Å². The second-order valence-electron chi connectivity index (χ2n) is 5.36. The van der Waals surface area contributed by atoms with Crippen molar-refractivity contribution in [2.24, 2.45) is 5.92 Å². The number of aryl methyl sites for hydroxylation is 1. The molecule has 1 aliphatic rings. The number of nitrogens with one attached hydrogen (secondary N) is 2.